The molecule has 2 heteroatoms. The van der Waals surface area contributed by atoms with Gasteiger partial charge in [0.25, 0.3) is 0 Å². The van der Waals surface area contributed by atoms with Gasteiger partial charge in [-0.2, -0.15) is 0 Å². The normalized spacial score (nSPS) is 11.8. The van der Waals surface area contributed by atoms with Crippen molar-refractivity contribution < 1.29 is 0 Å². The highest BCUT2D eigenvalue weighted by atomic mass is 14.6. The second-order valence-electron chi connectivity index (χ2n) is 3.67. The molecule has 0 aliphatic heterocycles. The summed E-state index contributed by atoms with van der Waals surface area (Å²) < 4.78 is 0. The highest BCUT2D eigenvalue weighted by molar-refractivity contribution is 5.66. The lowest BCUT2D eigenvalue weighted by Crippen LogP contribution is -2.01. The van der Waals surface area contributed by atoms with Crippen LogP contribution in [-0.2, 0) is 0 Å². The van der Waals surface area contributed by atoms with E-state index in [-0.39, 0.29) is 0 Å². The molecule has 0 amide bonds. The number of nitrogens with two attached hydrogens (primary N) is 1. The summed E-state index contributed by atoms with van der Waals surface area (Å²) in [4.78, 5) is 4.13. The summed E-state index contributed by atoms with van der Waals surface area (Å²) in [6.45, 7) is 8.92. The average Bonchev–Trinajstić information content (AvgIpc) is 2.47. The molecule has 2 N–H and O–H groups in total. The van der Waals surface area contributed by atoms with Gasteiger partial charge in [0.1, 0.15) is 0 Å². The van der Waals surface area contributed by atoms with E-state index >= 15 is 0 Å². The maximum absolute atomic E-state index is 5.64. The van der Waals surface area contributed by atoms with Crippen molar-refractivity contribution in [2.75, 3.05) is 6.54 Å². The van der Waals surface area contributed by atoms with E-state index in [1.165, 1.54) is 16.7 Å². The van der Waals surface area contributed by atoms with Gasteiger partial charge in [0.05, 0.1) is 0 Å². The van der Waals surface area contributed by atoms with Crippen LogP contribution in [0.2, 0.25) is 0 Å². The third-order valence-electron chi connectivity index (χ3n) is 2.65. The summed E-state index contributed by atoms with van der Waals surface area (Å²) in [5, 5.41) is 0. The monoisotopic (exact) mass is 246 g/mol. The zero-order valence-corrected chi connectivity index (χ0v) is 12.1. The molecule has 0 aliphatic rings. The first-order chi connectivity index (χ1) is 8.81. The lowest BCUT2D eigenvalue weighted by atomic mass is 10.0. The van der Waals surface area contributed by atoms with E-state index in [4.69, 9.17) is 5.73 Å². The summed E-state index contributed by atoms with van der Waals surface area (Å²) in [6.07, 6.45) is 10.00. The van der Waals surface area contributed by atoms with Gasteiger partial charge in [0, 0.05) is 18.9 Å². The van der Waals surface area contributed by atoms with Gasteiger partial charge in [-0.1, -0.05) is 51.5 Å². The Morgan fingerprint density at radius 3 is 2.39 bits per heavy atom. The van der Waals surface area contributed by atoms with Crippen molar-refractivity contribution in [3.63, 3.8) is 0 Å². The second kappa shape index (κ2) is 10.7. The molecule has 0 aliphatic carbocycles. The van der Waals surface area contributed by atoms with Crippen molar-refractivity contribution in [2.24, 2.45) is 5.73 Å². The lowest BCUT2D eigenvalue weighted by Gasteiger charge is -2.03. The van der Waals surface area contributed by atoms with E-state index in [0.717, 1.165) is 12.8 Å². The highest BCUT2D eigenvalue weighted by Crippen LogP contribution is 2.17. The Labute approximate surface area is 112 Å². The van der Waals surface area contributed by atoms with Gasteiger partial charge in [0.2, 0.25) is 0 Å². The first-order valence-corrected chi connectivity index (χ1v) is 6.80. The van der Waals surface area contributed by atoms with Crippen molar-refractivity contribution in [1.29, 1.82) is 0 Å². The van der Waals surface area contributed by atoms with E-state index in [9.17, 15) is 0 Å². The Morgan fingerprint density at radius 2 is 1.94 bits per heavy atom. The lowest BCUT2D eigenvalue weighted by molar-refractivity contribution is 1.01. The number of aromatic nitrogens is 1. The maximum atomic E-state index is 5.64. The molecule has 0 fully saturated rings. The predicted octanol–water partition coefficient (Wildman–Crippen LogP) is 4.20. The zero-order valence-electron chi connectivity index (χ0n) is 12.1. The Hall–Kier alpha value is -1.41. The molecule has 2 nitrogen and oxygen atoms in total. The largest absolute Gasteiger partial charge is 0.327 e. The third-order valence-corrected chi connectivity index (χ3v) is 2.65. The molecular weight excluding hydrogens is 220 g/mol. The van der Waals surface area contributed by atoms with Crippen LogP contribution in [0.1, 0.15) is 46.1 Å². The van der Waals surface area contributed by atoms with Crippen LogP contribution in [-0.4, -0.2) is 11.5 Å². The van der Waals surface area contributed by atoms with Crippen molar-refractivity contribution >= 4 is 5.57 Å². The van der Waals surface area contributed by atoms with Crippen LogP contribution >= 0.6 is 0 Å². The minimum Gasteiger partial charge on any atom is -0.327 e. The molecule has 1 rings (SSSR count). The van der Waals surface area contributed by atoms with E-state index in [1.807, 2.05) is 26.1 Å². The van der Waals surface area contributed by atoms with E-state index in [2.05, 4.69) is 37.0 Å². The van der Waals surface area contributed by atoms with E-state index in [1.54, 1.807) is 6.20 Å². The molecule has 100 valence electrons. The standard InChI is InChI=1S/C14H20N2.C2H6/c1-3-12(10-15)7-8-13(4-2)14-6-5-9-16-11-14;1-2/h5-9,11H,3-4,10,15H2,1-2H3;1-2H3/b12-7+,13-8+;. The molecule has 0 radical (unpaired) electrons. The molecule has 0 unspecified atom stereocenters. The van der Waals surface area contributed by atoms with Gasteiger partial charge in [-0.3, -0.25) is 4.98 Å². The molecule has 0 saturated heterocycles. The highest BCUT2D eigenvalue weighted by Gasteiger charge is 1.97. The Morgan fingerprint density at radius 1 is 1.22 bits per heavy atom. The number of nitrogens with zero attached hydrogens (tertiary/aromatic N) is 1. The van der Waals surface area contributed by atoms with Crippen molar-refractivity contribution in [2.45, 2.75) is 40.5 Å². The Balaban J connectivity index is 0.00000137. The molecule has 1 heterocycles. The van der Waals surface area contributed by atoms with Crippen LogP contribution in [0, 0.1) is 0 Å². The fraction of sp³-hybridized carbons (Fsp3) is 0.438. The Kier molecular flexibility index (Phi) is 9.89. The van der Waals surface area contributed by atoms with Gasteiger partial charge in [0.15, 0.2) is 0 Å². The fourth-order valence-electron chi connectivity index (χ4n) is 1.52. The van der Waals surface area contributed by atoms with Crippen LogP contribution in [0.3, 0.4) is 0 Å². The van der Waals surface area contributed by atoms with E-state index < -0.39 is 0 Å². The molecular formula is C16H26N2. The summed E-state index contributed by atoms with van der Waals surface area (Å²) in [6, 6.07) is 4.05. The smallest absolute Gasteiger partial charge is 0.0343 e. The first-order valence-electron chi connectivity index (χ1n) is 6.80. The molecule has 1 aromatic rings. The van der Waals surface area contributed by atoms with Crippen molar-refractivity contribution in [1.82, 2.24) is 4.98 Å². The van der Waals surface area contributed by atoms with Crippen LogP contribution in [0.25, 0.3) is 5.57 Å². The average molecular weight is 246 g/mol. The third kappa shape index (κ3) is 5.78. The quantitative estimate of drug-likeness (QED) is 0.791. The van der Waals surface area contributed by atoms with Crippen LogP contribution in [0.15, 0.2) is 42.3 Å². The van der Waals surface area contributed by atoms with Gasteiger partial charge in [-0.15, -0.1) is 0 Å². The second-order valence-corrected chi connectivity index (χ2v) is 3.67. The van der Waals surface area contributed by atoms with E-state index in [0.29, 0.717) is 6.54 Å². The number of hydrogen-bond donors (Lipinski definition) is 1. The number of allylic oxidation sites excluding steroid dienone is 3. The summed E-state index contributed by atoms with van der Waals surface area (Å²) in [5.74, 6) is 0. The van der Waals surface area contributed by atoms with Crippen LogP contribution in [0.4, 0.5) is 0 Å². The molecule has 0 aromatic carbocycles. The molecule has 0 atom stereocenters. The molecule has 0 spiro atoms. The van der Waals surface area contributed by atoms with Gasteiger partial charge < -0.3 is 5.73 Å². The summed E-state index contributed by atoms with van der Waals surface area (Å²) in [7, 11) is 0. The number of rotatable bonds is 5. The molecule has 18 heavy (non-hydrogen) atoms. The minimum atomic E-state index is 0.636. The summed E-state index contributed by atoms with van der Waals surface area (Å²) in [5.41, 5.74) is 9.40. The van der Waals surface area contributed by atoms with Gasteiger partial charge in [-0.25, -0.2) is 0 Å². The van der Waals surface area contributed by atoms with Crippen molar-refractivity contribution in [3.8, 4) is 0 Å². The van der Waals surface area contributed by atoms with Crippen LogP contribution < -0.4 is 5.73 Å². The Bertz CT molecular complexity index is 358. The first kappa shape index (κ1) is 16.6. The summed E-state index contributed by atoms with van der Waals surface area (Å²) >= 11 is 0. The molecule has 0 saturated carbocycles. The molecule has 1 aromatic heterocycles. The fourth-order valence-corrected chi connectivity index (χ4v) is 1.52. The van der Waals surface area contributed by atoms with Crippen LogP contribution in [0.5, 0.6) is 0 Å². The zero-order chi connectivity index (χ0) is 13.8. The van der Waals surface area contributed by atoms with Gasteiger partial charge >= 0.3 is 0 Å². The van der Waals surface area contributed by atoms with Crippen molar-refractivity contribution in [3.05, 3.63) is 47.8 Å². The van der Waals surface area contributed by atoms with Gasteiger partial charge in [-0.05, 0) is 30.0 Å². The number of hydrogen-bond acceptors (Lipinski definition) is 2. The molecule has 0 bridgehead atoms. The minimum absolute atomic E-state index is 0.636. The SMILES string of the molecule is CC.CC/C(=C\C=C(/CC)c1cccnc1)CN. The topological polar surface area (TPSA) is 38.9 Å². The maximum Gasteiger partial charge on any atom is 0.0343 e. The predicted molar refractivity (Wildman–Crippen MR) is 81.3 cm³/mol. The number of pyridine rings is 1.